The maximum Gasteiger partial charge on any atom is 0.254 e. The van der Waals surface area contributed by atoms with E-state index < -0.39 is 32.8 Å². The van der Waals surface area contributed by atoms with E-state index in [1.807, 2.05) is 62.5 Å². The van der Waals surface area contributed by atoms with E-state index in [0.29, 0.717) is 12.8 Å². The van der Waals surface area contributed by atoms with Gasteiger partial charge in [-0.2, -0.15) is 5.26 Å². The van der Waals surface area contributed by atoms with Crippen LogP contribution < -0.4 is 4.72 Å². The van der Waals surface area contributed by atoms with Gasteiger partial charge in [-0.3, -0.25) is 9.59 Å². The molecule has 0 spiro atoms. The molecule has 8 heteroatoms. The summed E-state index contributed by atoms with van der Waals surface area (Å²) in [6.45, 7) is 5.77. The number of ketones is 1. The second kappa shape index (κ2) is 8.79. The number of carbonyl (C=O) groups excluding carboxylic acids is 2. The molecule has 0 heterocycles. The fraction of sp³-hybridized carbons (Fsp3) is 0.500. The van der Waals surface area contributed by atoms with Crippen molar-refractivity contribution in [3.8, 4) is 6.19 Å². The minimum absolute atomic E-state index is 0.00346. The Morgan fingerprint density at radius 2 is 1.94 bits per heavy atom. The fourth-order valence-corrected chi connectivity index (χ4v) is 7.96. The predicted molar refractivity (Wildman–Crippen MR) is 130 cm³/mol. The molecule has 2 saturated carbocycles. The van der Waals surface area contributed by atoms with E-state index in [1.165, 1.54) is 0 Å². The summed E-state index contributed by atoms with van der Waals surface area (Å²) in [6.07, 6.45) is 3.76. The van der Waals surface area contributed by atoms with Gasteiger partial charge in [0.2, 0.25) is 10.0 Å². The summed E-state index contributed by atoms with van der Waals surface area (Å²) in [4.78, 5) is 27.0. The quantitative estimate of drug-likeness (QED) is 0.459. The molecular weight excluding hydrogens is 450 g/mol. The molecule has 180 valence electrons. The van der Waals surface area contributed by atoms with Crippen molar-refractivity contribution in [2.75, 3.05) is 12.3 Å². The molecule has 1 amide bonds. The molecule has 2 fully saturated rings. The number of benzene rings is 2. The molecule has 4 rings (SSSR count). The maximum absolute atomic E-state index is 13.4. The van der Waals surface area contributed by atoms with Crippen LogP contribution in [-0.2, 0) is 26.0 Å². The number of hydrogen-bond acceptors (Lipinski definition) is 5. The lowest BCUT2D eigenvalue weighted by molar-refractivity contribution is -0.129. The molecule has 34 heavy (non-hydrogen) atoms. The molecule has 2 aromatic carbocycles. The Morgan fingerprint density at radius 1 is 1.24 bits per heavy atom. The molecule has 1 N–H and O–H groups in total. The first-order valence-electron chi connectivity index (χ1n) is 11.7. The molecule has 0 saturated heterocycles. The van der Waals surface area contributed by atoms with E-state index in [4.69, 9.17) is 0 Å². The number of hydrogen-bond donors (Lipinski definition) is 1. The first kappa shape index (κ1) is 24.4. The van der Waals surface area contributed by atoms with E-state index in [2.05, 4.69) is 4.72 Å². The van der Waals surface area contributed by atoms with E-state index in [1.54, 1.807) is 6.92 Å². The molecular formula is C26H31N3O4S. The lowest BCUT2D eigenvalue weighted by Gasteiger charge is -2.36. The van der Waals surface area contributed by atoms with Gasteiger partial charge >= 0.3 is 0 Å². The zero-order valence-electron chi connectivity index (χ0n) is 19.9. The lowest BCUT2D eigenvalue weighted by atomic mass is 9.70. The van der Waals surface area contributed by atoms with Crippen molar-refractivity contribution in [3.05, 3.63) is 48.0 Å². The van der Waals surface area contributed by atoms with Crippen LogP contribution in [0.3, 0.4) is 0 Å². The van der Waals surface area contributed by atoms with Gasteiger partial charge in [0.05, 0.1) is 5.75 Å². The van der Waals surface area contributed by atoms with Crippen molar-refractivity contribution in [3.63, 3.8) is 0 Å². The molecule has 2 aromatic rings. The predicted octanol–water partition coefficient (Wildman–Crippen LogP) is 3.40. The fourth-order valence-electron chi connectivity index (χ4n) is 5.94. The summed E-state index contributed by atoms with van der Waals surface area (Å²) in [5.41, 5.74) is -0.552. The Morgan fingerprint density at radius 3 is 2.53 bits per heavy atom. The highest BCUT2D eigenvalue weighted by molar-refractivity contribution is 7.89. The summed E-state index contributed by atoms with van der Waals surface area (Å²) >= 11 is 0. The second-order valence-electron chi connectivity index (χ2n) is 10.2. The molecule has 0 aliphatic heterocycles. The number of nitriles is 1. The van der Waals surface area contributed by atoms with Gasteiger partial charge in [0.15, 0.2) is 6.19 Å². The first-order chi connectivity index (χ1) is 16.0. The highest BCUT2D eigenvalue weighted by Crippen LogP contribution is 2.64. The summed E-state index contributed by atoms with van der Waals surface area (Å²) in [6, 6.07) is 12.4. The Kier molecular flexibility index (Phi) is 6.30. The van der Waals surface area contributed by atoms with Crippen molar-refractivity contribution >= 4 is 32.5 Å². The van der Waals surface area contributed by atoms with Crippen LogP contribution in [0.25, 0.3) is 10.8 Å². The third-order valence-corrected chi connectivity index (χ3v) is 9.67. The molecule has 2 aliphatic carbocycles. The smallest absolute Gasteiger partial charge is 0.254 e. The maximum atomic E-state index is 13.4. The summed E-state index contributed by atoms with van der Waals surface area (Å²) in [5, 5.41) is 11.4. The summed E-state index contributed by atoms with van der Waals surface area (Å²) < 4.78 is 29.4. The average Bonchev–Trinajstić information content (AvgIpc) is 3.13. The second-order valence-corrected chi connectivity index (χ2v) is 11.9. The van der Waals surface area contributed by atoms with Gasteiger partial charge < -0.3 is 0 Å². The SMILES string of the molecule is CCN(C#N)C(=O)C(Cc1ccc2ccccc2c1)NS(=O)(=O)CC12CCC(CC1=O)C2(C)C. The van der Waals surface area contributed by atoms with E-state index in [9.17, 15) is 23.3 Å². The van der Waals surface area contributed by atoms with E-state index >= 15 is 0 Å². The van der Waals surface area contributed by atoms with Gasteiger partial charge in [0, 0.05) is 18.4 Å². The van der Waals surface area contributed by atoms with Crippen LogP contribution >= 0.6 is 0 Å². The number of rotatable bonds is 8. The van der Waals surface area contributed by atoms with Gasteiger partial charge in [-0.05, 0) is 53.9 Å². The number of fused-ring (bicyclic) bond motifs is 3. The minimum atomic E-state index is -4.00. The Bertz CT molecular complexity index is 1280. The standard InChI is InChI=1S/C26H31N3O4S/c1-4-29(17-27)24(31)22(14-18-9-10-19-7-5-6-8-20(19)13-18)28-34(32,33)16-26-12-11-21(15-23(26)30)25(26,2)3/h5-10,13,21-22,28H,4,11-12,14-16H2,1-3H3. The first-order valence-corrected chi connectivity index (χ1v) is 13.4. The van der Waals surface area contributed by atoms with Crippen molar-refractivity contribution in [2.24, 2.45) is 16.7 Å². The molecule has 0 aromatic heterocycles. The zero-order chi connectivity index (χ0) is 24.7. The molecule has 2 bridgehead atoms. The Hall–Kier alpha value is -2.76. The van der Waals surface area contributed by atoms with Gasteiger partial charge in [-0.15, -0.1) is 0 Å². The van der Waals surface area contributed by atoms with Gasteiger partial charge in [-0.1, -0.05) is 56.3 Å². The summed E-state index contributed by atoms with van der Waals surface area (Å²) in [7, 11) is -4.00. The molecule has 2 aliphatic rings. The topological polar surface area (TPSA) is 107 Å². The molecule has 7 nitrogen and oxygen atoms in total. The average molecular weight is 482 g/mol. The number of carbonyl (C=O) groups is 2. The van der Waals surface area contributed by atoms with Gasteiger partial charge in [0.1, 0.15) is 11.8 Å². The van der Waals surface area contributed by atoms with Crippen molar-refractivity contribution < 1.29 is 18.0 Å². The normalized spacial score (nSPS) is 24.2. The van der Waals surface area contributed by atoms with Crippen LogP contribution in [0, 0.1) is 28.2 Å². The lowest BCUT2D eigenvalue weighted by Crippen LogP contribution is -2.52. The molecule has 3 atom stereocenters. The third-order valence-electron chi connectivity index (χ3n) is 8.15. The van der Waals surface area contributed by atoms with Crippen LogP contribution in [0.15, 0.2) is 42.5 Å². The number of nitrogens with zero attached hydrogens (tertiary/aromatic N) is 2. The largest absolute Gasteiger partial charge is 0.299 e. The van der Waals surface area contributed by atoms with Crippen LogP contribution in [0.2, 0.25) is 0 Å². The highest BCUT2D eigenvalue weighted by Gasteiger charge is 2.65. The van der Waals surface area contributed by atoms with E-state index in [0.717, 1.165) is 27.7 Å². The zero-order valence-corrected chi connectivity index (χ0v) is 20.7. The number of Topliss-reactive ketones (excluding diaryl/α,β-unsaturated/α-hetero) is 1. The number of sulfonamides is 1. The van der Waals surface area contributed by atoms with Crippen LogP contribution in [-0.4, -0.2) is 43.3 Å². The Balaban J connectivity index is 1.63. The summed E-state index contributed by atoms with van der Waals surface area (Å²) in [5.74, 6) is -0.730. The number of nitrogens with one attached hydrogen (secondary N) is 1. The van der Waals surface area contributed by atoms with Crippen molar-refractivity contribution in [2.45, 2.75) is 52.5 Å². The van der Waals surface area contributed by atoms with Gasteiger partial charge in [0.25, 0.3) is 5.91 Å². The monoisotopic (exact) mass is 481 g/mol. The number of likely N-dealkylation sites (N-methyl/N-ethyl adjacent to an activating group) is 1. The third kappa shape index (κ3) is 4.12. The Labute approximate surface area is 201 Å². The van der Waals surface area contributed by atoms with Crippen LogP contribution in [0.4, 0.5) is 0 Å². The minimum Gasteiger partial charge on any atom is -0.299 e. The van der Waals surface area contributed by atoms with E-state index in [-0.39, 0.29) is 30.4 Å². The van der Waals surface area contributed by atoms with Crippen LogP contribution in [0.1, 0.15) is 45.6 Å². The van der Waals surface area contributed by atoms with Crippen molar-refractivity contribution in [1.29, 1.82) is 5.26 Å². The van der Waals surface area contributed by atoms with Crippen molar-refractivity contribution in [1.82, 2.24) is 9.62 Å². The number of amides is 1. The van der Waals surface area contributed by atoms with Gasteiger partial charge in [-0.25, -0.2) is 18.0 Å². The molecule has 0 radical (unpaired) electrons. The highest BCUT2D eigenvalue weighted by atomic mass is 32.2. The molecule has 3 unspecified atom stereocenters. The van der Waals surface area contributed by atoms with Crippen LogP contribution in [0.5, 0.6) is 0 Å².